The smallest absolute Gasteiger partial charge is 0.308 e. The van der Waals surface area contributed by atoms with E-state index in [1.54, 1.807) is 11.3 Å². The number of thiazole rings is 1. The first-order valence-corrected chi connectivity index (χ1v) is 9.07. The van der Waals surface area contributed by atoms with Crippen LogP contribution in [0.5, 0.6) is 0 Å². The average molecular weight is 355 g/mol. The summed E-state index contributed by atoms with van der Waals surface area (Å²) in [6.07, 6.45) is 0.302. The van der Waals surface area contributed by atoms with Crippen LogP contribution in [-0.2, 0) is 22.7 Å². The number of rotatable bonds is 6. The maximum atomic E-state index is 11.9. The molecule has 0 aliphatic carbocycles. The van der Waals surface area contributed by atoms with E-state index in [1.165, 1.54) is 5.56 Å². The molecule has 0 aliphatic rings. The van der Waals surface area contributed by atoms with E-state index in [0.717, 1.165) is 27.7 Å². The maximum Gasteiger partial charge on any atom is 0.308 e. The highest BCUT2D eigenvalue weighted by Crippen LogP contribution is 2.24. The van der Waals surface area contributed by atoms with Crippen LogP contribution < -0.4 is 0 Å². The van der Waals surface area contributed by atoms with Gasteiger partial charge in [0, 0.05) is 16.6 Å². The van der Waals surface area contributed by atoms with Crippen molar-refractivity contribution in [2.45, 2.75) is 40.3 Å². The van der Waals surface area contributed by atoms with Crippen molar-refractivity contribution < 1.29 is 9.53 Å². The number of benzene rings is 1. The third kappa shape index (κ3) is 4.54. The SMILES string of the molecule is Cc1ccc(-c2nc(COC(=O)CCn3nc(C)cc3C)cs2)cc1. The molecule has 0 radical (unpaired) electrons. The largest absolute Gasteiger partial charge is 0.459 e. The van der Waals surface area contributed by atoms with Gasteiger partial charge in [-0.2, -0.15) is 5.10 Å². The number of nitrogens with zero attached hydrogens (tertiary/aromatic N) is 3. The zero-order valence-electron chi connectivity index (χ0n) is 14.7. The maximum absolute atomic E-state index is 11.9. The number of esters is 1. The van der Waals surface area contributed by atoms with Gasteiger partial charge in [-0.1, -0.05) is 29.8 Å². The molecule has 0 amide bonds. The van der Waals surface area contributed by atoms with Crippen LogP contribution in [0.3, 0.4) is 0 Å². The highest BCUT2D eigenvalue weighted by Gasteiger charge is 2.09. The number of aryl methyl sites for hydroxylation is 4. The number of aromatic nitrogens is 3. The van der Waals surface area contributed by atoms with E-state index in [-0.39, 0.29) is 12.6 Å². The van der Waals surface area contributed by atoms with Crippen LogP contribution >= 0.6 is 11.3 Å². The molecule has 0 unspecified atom stereocenters. The number of hydrogen-bond acceptors (Lipinski definition) is 5. The normalized spacial score (nSPS) is 10.8. The molecule has 3 aromatic rings. The molecule has 0 spiro atoms. The Balaban J connectivity index is 1.51. The van der Waals surface area contributed by atoms with Gasteiger partial charge in [-0.25, -0.2) is 4.98 Å². The van der Waals surface area contributed by atoms with Gasteiger partial charge in [-0.05, 0) is 26.8 Å². The molecule has 0 aliphatic heterocycles. The standard InChI is InChI=1S/C19H21N3O2S/c1-13-4-6-16(7-5-13)19-20-17(12-25-19)11-24-18(23)8-9-22-15(3)10-14(2)21-22/h4-7,10,12H,8-9,11H2,1-3H3. The van der Waals surface area contributed by atoms with Crippen molar-refractivity contribution in [2.75, 3.05) is 0 Å². The molecule has 0 bridgehead atoms. The molecule has 25 heavy (non-hydrogen) atoms. The van der Waals surface area contributed by atoms with Gasteiger partial charge in [0.25, 0.3) is 0 Å². The van der Waals surface area contributed by atoms with E-state index in [2.05, 4.69) is 41.3 Å². The van der Waals surface area contributed by atoms with Gasteiger partial charge in [-0.3, -0.25) is 9.48 Å². The first-order valence-electron chi connectivity index (χ1n) is 8.19. The first kappa shape index (κ1) is 17.4. The van der Waals surface area contributed by atoms with Gasteiger partial charge in [-0.15, -0.1) is 11.3 Å². The summed E-state index contributed by atoms with van der Waals surface area (Å²) in [7, 11) is 0. The summed E-state index contributed by atoms with van der Waals surface area (Å²) in [5.41, 5.74) is 5.08. The van der Waals surface area contributed by atoms with E-state index >= 15 is 0 Å². The fourth-order valence-electron chi connectivity index (χ4n) is 2.53. The Kier molecular flexibility index (Phi) is 5.28. The number of carbonyl (C=O) groups excluding carboxylic acids is 1. The second kappa shape index (κ2) is 7.61. The van der Waals surface area contributed by atoms with Crippen LogP contribution in [0, 0.1) is 20.8 Å². The van der Waals surface area contributed by atoms with E-state index in [4.69, 9.17) is 4.74 Å². The van der Waals surface area contributed by atoms with Crippen LogP contribution in [0.4, 0.5) is 0 Å². The fourth-order valence-corrected chi connectivity index (χ4v) is 3.34. The predicted octanol–water partition coefficient (Wildman–Crippen LogP) is 4.07. The summed E-state index contributed by atoms with van der Waals surface area (Å²) in [4.78, 5) is 16.5. The lowest BCUT2D eigenvalue weighted by atomic mass is 10.2. The molecule has 5 nitrogen and oxygen atoms in total. The van der Waals surface area contributed by atoms with Crippen molar-refractivity contribution in [1.82, 2.24) is 14.8 Å². The Bertz CT molecular complexity index is 865. The monoisotopic (exact) mass is 355 g/mol. The summed E-state index contributed by atoms with van der Waals surface area (Å²) < 4.78 is 7.16. The molecule has 2 heterocycles. The molecule has 0 N–H and O–H groups in total. The van der Waals surface area contributed by atoms with Crippen LogP contribution in [0.2, 0.25) is 0 Å². The van der Waals surface area contributed by atoms with Gasteiger partial charge in [0.05, 0.1) is 24.4 Å². The second-order valence-corrected chi connectivity index (χ2v) is 6.93. The van der Waals surface area contributed by atoms with Crippen LogP contribution in [0.25, 0.3) is 10.6 Å². The number of hydrogen-bond donors (Lipinski definition) is 0. The Hall–Kier alpha value is -2.47. The second-order valence-electron chi connectivity index (χ2n) is 6.07. The van der Waals surface area contributed by atoms with Crippen molar-refractivity contribution in [3.8, 4) is 10.6 Å². The zero-order valence-corrected chi connectivity index (χ0v) is 15.5. The molecular weight excluding hydrogens is 334 g/mol. The molecule has 2 aromatic heterocycles. The fraction of sp³-hybridized carbons (Fsp3) is 0.316. The molecule has 1 aromatic carbocycles. The molecule has 0 saturated heterocycles. The molecule has 0 atom stereocenters. The van der Waals surface area contributed by atoms with Crippen LogP contribution in [-0.4, -0.2) is 20.7 Å². The number of carbonyl (C=O) groups is 1. The van der Waals surface area contributed by atoms with Crippen molar-refractivity contribution in [2.24, 2.45) is 0 Å². The van der Waals surface area contributed by atoms with Gasteiger partial charge < -0.3 is 4.74 Å². The topological polar surface area (TPSA) is 57.0 Å². The third-order valence-electron chi connectivity index (χ3n) is 3.86. The van der Waals surface area contributed by atoms with Gasteiger partial charge >= 0.3 is 5.97 Å². The minimum absolute atomic E-state index is 0.207. The minimum Gasteiger partial charge on any atom is -0.459 e. The van der Waals surface area contributed by atoms with Gasteiger partial charge in [0.2, 0.25) is 0 Å². The van der Waals surface area contributed by atoms with Gasteiger partial charge in [0.15, 0.2) is 0 Å². The van der Waals surface area contributed by atoms with Crippen LogP contribution in [0.1, 0.15) is 29.1 Å². The van der Waals surface area contributed by atoms with E-state index < -0.39 is 0 Å². The summed E-state index contributed by atoms with van der Waals surface area (Å²) in [5.74, 6) is -0.238. The minimum atomic E-state index is -0.238. The van der Waals surface area contributed by atoms with Gasteiger partial charge in [0.1, 0.15) is 11.6 Å². The molecule has 0 fully saturated rings. The highest BCUT2D eigenvalue weighted by molar-refractivity contribution is 7.13. The van der Waals surface area contributed by atoms with Crippen molar-refractivity contribution in [3.05, 3.63) is 58.4 Å². The van der Waals surface area contributed by atoms with Crippen molar-refractivity contribution in [3.63, 3.8) is 0 Å². The Labute approximate surface area is 151 Å². The molecule has 3 rings (SSSR count). The summed E-state index contributed by atoms with van der Waals surface area (Å²) in [5, 5.41) is 7.21. The molecule has 6 heteroatoms. The Morgan fingerprint density at radius 1 is 1.20 bits per heavy atom. The quantitative estimate of drug-likeness (QED) is 0.626. The van der Waals surface area contributed by atoms with E-state index in [1.807, 2.05) is 30.0 Å². The molecule has 0 saturated carbocycles. The lowest BCUT2D eigenvalue weighted by molar-refractivity contribution is -0.145. The third-order valence-corrected chi connectivity index (χ3v) is 4.80. The zero-order chi connectivity index (χ0) is 17.8. The predicted molar refractivity (Wildman–Crippen MR) is 98.4 cm³/mol. The lowest BCUT2D eigenvalue weighted by Crippen LogP contribution is -2.11. The molecular formula is C19H21N3O2S. The lowest BCUT2D eigenvalue weighted by Gasteiger charge is -2.05. The Morgan fingerprint density at radius 3 is 2.64 bits per heavy atom. The molecule has 130 valence electrons. The average Bonchev–Trinajstić information content (AvgIpc) is 3.18. The van der Waals surface area contributed by atoms with Crippen molar-refractivity contribution in [1.29, 1.82) is 0 Å². The van der Waals surface area contributed by atoms with Crippen LogP contribution in [0.15, 0.2) is 35.7 Å². The summed E-state index contributed by atoms with van der Waals surface area (Å²) >= 11 is 1.56. The summed E-state index contributed by atoms with van der Waals surface area (Å²) in [6.45, 7) is 6.72. The summed E-state index contributed by atoms with van der Waals surface area (Å²) in [6, 6.07) is 10.2. The van der Waals surface area contributed by atoms with Crippen molar-refractivity contribution >= 4 is 17.3 Å². The van der Waals surface area contributed by atoms with E-state index in [9.17, 15) is 4.79 Å². The Morgan fingerprint density at radius 2 is 1.96 bits per heavy atom. The highest BCUT2D eigenvalue weighted by atomic mass is 32.1. The van der Waals surface area contributed by atoms with E-state index in [0.29, 0.717) is 13.0 Å². The number of ether oxygens (including phenoxy) is 1. The first-order chi connectivity index (χ1) is 12.0.